The normalized spacial score (nSPS) is 17.1. The van der Waals surface area contributed by atoms with Gasteiger partial charge in [-0.2, -0.15) is 0 Å². The monoisotopic (exact) mass is 245 g/mol. The molecule has 5 heteroatoms. The van der Waals surface area contributed by atoms with E-state index in [0.717, 1.165) is 18.7 Å². The molecule has 0 saturated heterocycles. The van der Waals surface area contributed by atoms with Gasteiger partial charge in [0.15, 0.2) is 5.65 Å². The zero-order valence-electron chi connectivity index (χ0n) is 10.0. The SMILES string of the molecule is O=C(O)c1cccc2nnc(C3CCCCC3)n12. The van der Waals surface area contributed by atoms with Crippen molar-refractivity contribution in [3.63, 3.8) is 0 Å². The summed E-state index contributed by atoms with van der Waals surface area (Å²) in [4.78, 5) is 11.3. The molecule has 94 valence electrons. The van der Waals surface area contributed by atoms with E-state index in [4.69, 9.17) is 0 Å². The smallest absolute Gasteiger partial charge is 0.352 e. The lowest BCUT2D eigenvalue weighted by Gasteiger charge is -2.20. The summed E-state index contributed by atoms with van der Waals surface area (Å²) >= 11 is 0. The fourth-order valence-corrected chi connectivity index (χ4v) is 2.76. The van der Waals surface area contributed by atoms with Crippen LogP contribution in [0.15, 0.2) is 18.2 Å². The molecule has 0 radical (unpaired) electrons. The van der Waals surface area contributed by atoms with Crippen LogP contribution in [0.3, 0.4) is 0 Å². The van der Waals surface area contributed by atoms with E-state index in [2.05, 4.69) is 10.2 Å². The minimum absolute atomic E-state index is 0.248. The van der Waals surface area contributed by atoms with Gasteiger partial charge in [-0.3, -0.25) is 4.40 Å². The average Bonchev–Trinajstić information content (AvgIpc) is 2.83. The first-order valence-corrected chi connectivity index (χ1v) is 6.34. The predicted molar refractivity (Wildman–Crippen MR) is 65.8 cm³/mol. The van der Waals surface area contributed by atoms with Gasteiger partial charge in [0.25, 0.3) is 0 Å². The number of fused-ring (bicyclic) bond motifs is 1. The van der Waals surface area contributed by atoms with E-state index in [9.17, 15) is 9.90 Å². The summed E-state index contributed by atoms with van der Waals surface area (Å²) in [7, 11) is 0. The van der Waals surface area contributed by atoms with E-state index in [-0.39, 0.29) is 5.69 Å². The molecular weight excluding hydrogens is 230 g/mol. The maximum Gasteiger partial charge on any atom is 0.352 e. The number of rotatable bonds is 2. The van der Waals surface area contributed by atoms with Gasteiger partial charge in [-0.15, -0.1) is 10.2 Å². The van der Waals surface area contributed by atoms with Gasteiger partial charge in [0.1, 0.15) is 11.5 Å². The number of aromatic carboxylic acids is 1. The third kappa shape index (κ3) is 1.75. The van der Waals surface area contributed by atoms with E-state index in [1.807, 2.05) is 0 Å². The zero-order chi connectivity index (χ0) is 12.5. The van der Waals surface area contributed by atoms with Crippen LogP contribution in [0.2, 0.25) is 0 Å². The lowest BCUT2D eigenvalue weighted by molar-refractivity contribution is 0.0688. The third-order valence-corrected chi connectivity index (χ3v) is 3.64. The van der Waals surface area contributed by atoms with Crippen LogP contribution in [0.5, 0.6) is 0 Å². The second kappa shape index (κ2) is 4.40. The molecule has 2 aromatic heterocycles. The van der Waals surface area contributed by atoms with Crippen LogP contribution in [0.1, 0.15) is 54.3 Å². The van der Waals surface area contributed by atoms with Gasteiger partial charge < -0.3 is 5.11 Å². The van der Waals surface area contributed by atoms with Crippen LogP contribution in [-0.4, -0.2) is 25.7 Å². The molecule has 1 saturated carbocycles. The van der Waals surface area contributed by atoms with Crippen molar-refractivity contribution < 1.29 is 9.90 Å². The molecule has 2 heterocycles. The number of nitrogens with zero attached hydrogens (tertiary/aromatic N) is 3. The molecule has 0 bridgehead atoms. The Morgan fingerprint density at radius 2 is 2.00 bits per heavy atom. The minimum atomic E-state index is -0.933. The molecule has 0 atom stereocenters. The maximum absolute atomic E-state index is 11.3. The Morgan fingerprint density at radius 3 is 2.72 bits per heavy atom. The first-order chi connectivity index (χ1) is 8.77. The lowest BCUT2D eigenvalue weighted by atomic mass is 9.88. The fourth-order valence-electron chi connectivity index (χ4n) is 2.76. The van der Waals surface area contributed by atoms with Gasteiger partial charge in [0, 0.05) is 5.92 Å². The van der Waals surface area contributed by atoms with E-state index < -0.39 is 5.97 Å². The summed E-state index contributed by atoms with van der Waals surface area (Å²) in [6, 6.07) is 5.11. The van der Waals surface area contributed by atoms with Crippen molar-refractivity contribution in [3.8, 4) is 0 Å². The third-order valence-electron chi connectivity index (χ3n) is 3.64. The second-order valence-corrected chi connectivity index (χ2v) is 4.80. The molecule has 0 amide bonds. The molecule has 0 spiro atoms. The van der Waals surface area contributed by atoms with Crippen LogP contribution < -0.4 is 0 Å². The predicted octanol–water partition coefficient (Wildman–Crippen LogP) is 2.48. The lowest BCUT2D eigenvalue weighted by Crippen LogP contribution is -2.13. The Labute approximate surface area is 104 Å². The second-order valence-electron chi connectivity index (χ2n) is 4.80. The summed E-state index contributed by atoms with van der Waals surface area (Å²) in [6.07, 6.45) is 5.80. The standard InChI is InChI=1S/C13H15N3O2/c17-13(18)10-7-4-8-11-14-15-12(16(10)11)9-5-2-1-3-6-9/h4,7-9H,1-3,5-6H2,(H,17,18). The highest BCUT2D eigenvalue weighted by Gasteiger charge is 2.23. The molecule has 3 rings (SSSR count). The molecule has 0 aliphatic heterocycles. The molecule has 2 aromatic rings. The number of aromatic nitrogens is 3. The highest BCUT2D eigenvalue weighted by Crippen LogP contribution is 2.32. The Bertz CT molecular complexity index is 585. The molecule has 0 aromatic carbocycles. The van der Waals surface area contributed by atoms with Crippen molar-refractivity contribution in [1.82, 2.24) is 14.6 Å². The number of carboxylic acid groups (broad SMARTS) is 1. The first kappa shape index (κ1) is 11.2. The van der Waals surface area contributed by atoms with Crippen molar-refractivity contribution in [1.29, 1.82) is 0 Å². The van der Waals surface area contributed by atoms with Gasteiger partial charge >= 0.3 is 5.97 Å². The molecule has 1 aliphatic carbocycles. The zero-order valence-corrected chi connectivity index (χ0v) is 10.0. The minimum Gasteiger partial charge on any atom is -0.477 e. The summed E-state index contributed by atoms with van der Waals surface area (Å²) in [5.74, 6) is 0.217. The van der Waals surface area contributed by atoms with Gasteiger partial charge in [-0.25, -0.2) is 4.79 Å². The Hall–Kier alpha value is -1.91. The van der Waals surface area contributed by atoms with Gasteiger partial charge in [-0.1, -0.05) is 25.3 Å². The van der Waals surface area contributed by atoms with Crippen molar-refractivity contribution in [2.45, 2.75) is 38.0 Å². The molecule has 5 nitrogen and oxygen atoms in total. The molecule has 1 fully saturated rings. The van der Waals surface area contributed by atoms with Crippen molar-refractivity contribution >= 4 is 11.6 Å². The van der Waals surface area contributed by atoms with E-state index >= 15 is 0 Å². The number of carboxylic acids is 1. The van der Waals surface area contributed by atoms with Crippen LogP contribution in [0.25, 0.3) is 5.65 Å². The van der Waals surface area contributed by atoms with Gasteiger partial charge in [0.05, 0.1) is 0 Å². The van der Waals surface area contributed by atoms with E-state index in [1.54, 1.807) is 22.6 Å². The topological polar surface area (TPSA) is 67.5 Å². The largest absolute Gasteiger partial charge is 0.477 e. The number of hydrogen-bond donors (Lipinski definition) is 1. The molecule has 0 unspecified atom stereocenters. The number of carbonyl (C=O) groups is 1. The molecule has 18 heavy (non-hydrogen) atoms. The van der Waals surface area contributed by atoms with Crippen molar-refractivity contribution in [2.24, 2.45) is 0 Å². The fraction of sp³-hybridized carbons (Fsp3) is 0.462. The quantitative estimate of drug-likeness (QED) is 0.882. The first-order valence-electron chi connectivity index (χ1n) is 6.34. The van der Waals surface area contributed by atoms with Crippen LogP contribution in [-0.2, 0) is 0 Å². The summed E-state index contributed by atoms with van der Waals surface area (Å²) < 4.78 is 1.69. The summed E-state index contributed by atoms with van der Waals surface area (Å²) in [5, 5.41) is 17.5. The van der Waals surface area contributed by atoms with Gasteiger partial charge in [0.2, 0.25) is 0 Å². The number of hydrogen-bond acceptors (Lipinski definition) is 3. The van der Waals surface area contributed by atoms with Crippen molar-refractivity contribution in [2.75, 3.05) is 0 Å². The van der Waals surface area contributed by atoms with Crippen LogP contribution in [0, 0.1) is 0 Å². The Balaban J connectivity index is 2.14. The van der Waals surface area contributed by atoms with Crippen molar-refractivity contribution in [3.05, 3.63) is 29.7 Å². The average molecular weight is 245 g/mol. The molecule has 1 aliphatic rings. The van der Waals surface area contributed by atoms with E-state index in [1.165, 1.54) is 19.3 Å². The van der Waals surface area contributed by atoms with E-state index in [0.29, 0.717) is 11.6 Å². The molecule has 1 N–H and O–H groups in total. The highest BCUT2D eigenvalue weighted by molar-refractivity contribution is 5.86. The Morgan fingerprint density at radius 1 is 1.22 bits per heavy atom. The Kier molecular flexibility index (Phi) is 2.74. The molecular formula is C13H15N3O2. The summed E-state index contributed by atoms with van der Waals surface area (Å²) in [5.41, 5.74) is 0.869. The van der Waals surface area contributed by atoms with Crippen LogP contribution in [0.4, 0.5) is 0 Å². The number of pyridine rings is 1. The highest BCUT2D eigenvalue weighted by atomic mass is 16.4. The van der Waals surface area contributed by atoms with Crippen LogP contribution >= 0.6 is 0 Å². The summed E-state index contributed by atoms with van der Waals surface area (Å²) in [6.45, 7) is 0. The maximum atomic E-state index is 11.3. The van der Waals surface area contributed by atoms with Gasteiger partial charge in [-0.05, 0) is 25.0 Å².